The van der Waals surface area contributed by atoms with Crippen molar-refractivity contribution in [1.82, 2.24) is 25.0 Å². The summed E-state index contributed by atoms with van der Waals surface area (Å²) >= 11 is 0. The summed E-state index contributed by atoms with van der Waals surface area (Å²) in [5.74, 6) is 0.837. The van der Waals surface area contributed by atoms with Crippen LogP contribution in [0.15, 0.2) is 70.7 Å². The molecular formula is C24H32N6O. The van der Waals surface area contributed by atoms with Gasteiger partial charge in [0.2, 0.25) is 0 Å². The molecule has 0 amide bonds. The van der Waals surface area contributed by atoms with Crippen molar-refractivity contribution in [2.45, 2.75) is 39.7 Å². The molecule has 2 N–H and O–H groups in total. The number of unbranched alkanes of at least 4 members (excludes halogenated alkanes) is 1. The summed E-state index contributed by atoms with van der Waals surface area (Å²) in [4.78, 5) is 16.6. The van der Waals surface area contributed by atoms with Gasteiger partial charge in [0.05, 0.1) is 5.69 Å². The zero-order valence-corrected chi connectivity index (χ0v) is 18.4. The first kappa shape index (κ1) is 22.3. The van der Waals surface area contributed by atoms with Crippen LogP contribution in [-0.4, -0.2) is 39.9 Å². The number of aliphatic imine (C=N–C) groups is 1. The highest BCUT2D eigenvalue weighted by Crippen LogP contribution is 2.08. The van der Waals surface area contributed by atoms with Crippen molar-refractivity contribution in [3.63, 3.8) is 0 Å². The Morgan fingerprint density at radius 1 is 1.06 bits per heavy atom. The van der Waals surface area contributed by atoms with E-state index in [-0.39, 0.29) is 5.56 Å². The number of hydrogen-bond donors (Lipinski definition) is 2. The molecule has 0 saturated carbocycles. The second kappa shape index (κ2) is 11.7. The van der Waals surface area contributed by atoms with Crippen LogP contribution in [0.2, 0.25) is 0 Å². The molecular weight excluding hydrogens is 388 g/mol. The molecule has 0 aliphatic carbocycles. The zero-order chi connectivity index (χ0) is 21.9. The minimum atomic E-state index is 0.0659. The maximum atomic E-state index is 11.9. The van der Waals surface area contributed by atoms with E-state index in [2.05, 4.69) is 51.9 Å². The van der Waals surface area contributed by atoms with Crippen LogP contribution >= 0.6 is 0 Å². The molecule has 0 aliphatic heterocycles. The van der Waals surface area contributed by atoms with Crippen molar-refractivity contribution in [2.75, 3.05) is 19.6 Å². The summed E-state index contributed by atoms with van der Waals surface area (Å²) in [5.41, 5.74) is 3.40. The Bertz CT molecular complexity index is 1010. The van der Waals surface area contributed by atoms with Crippen LogP contribution in [0.25, 0.3) is 5.69 Å². The van der Waals surface area contributed by atoms with Crippen LogP contribution in [0, 0.1) is 6.92 Å². The molecule has 31 heavy (non-hydrogen) atoms. The summed E-state index contributed by atoms with van der Waals surface area (Å²) in [5, 5.41) is 11.0. The van der Waals surface area contributed by atoms with Gasteiger partial charge in [0.1, 0.15) is 0 Å². The third kappa shape index (κ3) is 6.84. The Labute approximate surface area is 183 Å². The van der Waals surface area contributed by atoms with Gasteiger partial charge in [-0.15, -0.1) is 0 Å². The van der Waals surface area contributed by atoms with Crippen molar-refractivity contribution in [1.29, 1.82) is 0 Å². The van der Waals surface area contributed by atoms with E-state index in [0.29, 0.717) is 0 Å². The van der Waals surface area contributed by atoms with Gasteiger partial charge in [-0.05, 0) is 62.9 Å². The van der Waals surface area contributed by atoms with Crippen LogP contribution in [0.4, 0.5) is 0 Å². The van der Waals surface area contributed by atoms with E-state index in [1.165, 1.54) is 5.56 Å². The maximum absolute atomic E-state index is 11.9. The van der Waals surface area contributed by atoms with Gasteiger partial charge in [-0.2, -0.15) is 5.10 Å². The van der Waals surface area contributed by atoms with Crippen LogP contribution in [-0.2, 0) is 13.0 Å². The minimum Gasteiger partial charge on any atom is -0.357 e. The van der Waals surface area contributed by atoms with Gasteiger partial charge in [0, 0.05) is 50.3 Å². The highest BCUT2D eigenvalue weighted by atomic mass is 16.1. The topological polar surface area (TPSA) is 76.2 Å². The van der Waals surface area contributed by atoms with Crippen molar-refractivity contribution in [3.05, 3.63) is 82.5 Å². The predicted octanol–water partition coefficient (Wildman–Crippen LogP) is 2.92. The number of rotatable bonds is 10. The molecule has 0 aliphatic rings. The van der Waals surface area contributed by atoms with E-state index < -0.39 is 0 Å². The lowest BCUT2D eigenvalue weighted by atomic mass is 10.1. The average Bonchev–Trinajstić information content (AvgIpc) is 3.31. The maximum Gasteiger partial charge on any atom is 0.250 e. The van der Waals surface area contributed by atoms with Crippen molar-refractivity contribution in [3.8, 4) is 5.69 Å². The summed E-state index contributed by atoms with van der Waals surface area (Å²) in [6, 6.07) is 15.7. The molecule has 0 radical (unpaired) electrons. The fourth-order valence-electron chi connectivity index (χ4n) is 3.39. The summed E-state index contributed by atoms with van der Waals surface area (Å²) in [6.45, 7) is 7.14. The number of pyridine rings is 1. The van der Waals surface area contributed by atoms with Crippen LogP contribution in [0.3, 0.4) is 0 Å². The molecule has 3 aromatic rings. The lowest BCUT2D eigenvalue weighted by molar-refractivity contribution is 0.585. The van der Waals surface area contributed by atoms with Crippen LogP contribution in [0.1, 0.15) is 31.0 Å². The lowest BCUT2D eigenvalue weighted by Crippen LogP contribution is -2.38. The normalized spacial score (nSPS) is 11.5. The SMILES string of the molecule is CCNC(=NCCCCn1c(C)cccc1=O)NCCc1ccc(-n2cccn2)cc1. The van der Waals surface area contributed by atoms with E-state index in [0.717, 1.165) is 62.8 Å². The monoisotopic (exact) mass is 420 g/mol. The van der Waals surface area contributed by atoms with Crippen molar-refractivity contribution >= 4 is 5.96 Å². The molecule has 164 valence electrons. The molecule has 0 spiro atoms. The van der Waals surface area contributed by atoms with Gasteiger partial charge in [-0.1, -0.05) is 18.2 Å². The molecule has 2 aromatic heterocycles. The van der Waals surface area contributed by atoms with Gasteiger partial charge in [-0.25, -0.2) is 4.68 Å². The van der Waals surface area contributed by atoms with Gasteiger partial charge in [0.15, 0.2) is 5.96 Å². The quantitative estimate of drug-likeness (QED) is 0.300. The third-order valence-electron chi connectivity index (χ3n) is 5.08. The Morgan fingerprint density at radius 2 is 1.90 bits per heavy atom. The smallest absolute Gasteiger partial charge is 0.250 e. The van der Waals surface area contributed by atoms with Crippen molar-refractivity contribution < 1.29 is 0 Å². The first-order chi connectivity index (χ1) is 15.2. The molecule has 0 fully saturated rings. The highest BCUT2D eigenvalue weighted by Gasteiger charge is 2.01. The molecule has 0 saturated heterocycles. The first-order valence-electron chi connectivity index (χ1n) is 10.9. The van der Waals surface area contributed by atoms with Crippen molar-refractivity contribution in [2.24, 2.45) is 4.99 Å². The minimum absolute atomic E-state index is 0.0659. The fourth-order valence-corrected chi connectivity index (χ4v) is 3.39. The predicted molar refractivity (Wildman–Crippen MR) is 126 cm³/mol. The number of nitrogens with zero attached hydrogens (tertiary/aromatic N) is 4. The number of guanidine groups is 1. The van der Waals surface area contributed by atoms with Crippen LogP contribution in [0.5, 0.6) is 0 Å². The third-order valence-corrected chi connectivity index (χ3v) is 5.08. The molecule has 3 rings (SSSR count). The Kier molecular flexibility index (Phi) is 8.46. The number of hydrogen-bond acceptors (Lipinski definition) is 3. The highest BCUT2D eigenvalue weighted by molar-refractivity contribution is 5.79. The number of benzene rings is 1. The molecule has 0 unspecified atom stereocenters. The molecule has 7 heteroatoms. The first-order valence-corrected chi connectivity index (χ1v) is 10.9. The zero-order valence-electron chi connectivity index (χ0n) is 18.4. The van der Waals surface area contributed by atoms with E-state index in [1.807, 2.05) is 34.5 Å². The molecule has 2 heterocycles. The summed E-state index contributed by atoms with van der Waals surface area (Å²) < 4.78 is 3.68. The van der Waals surface area contributed by atoms with Gasteiger partial charge >= 0.3 is 0 Å². The van der Waals surface area contributed by atoms with Gasteiger partial charge in [-0.3, -0.25) is 9.79 Å². The second-order valence-electron chi connectivity index (χ2n) is 7.42. The second-order valence-corrected chi connectivity index (χ2v) is 7.42. The van der Waals surface area contributed by atoms with E-state index in [1.54, 1.807) is 18.3 Å². The largest absolute Gasteiger partial charge is 0.357 e. The van der Waals surface area contributed by atoms with E-state index in [4.69, 9.17) is 0 Å². The number of nitrogens with one attached hydrogen (secondary N) is 2. The van der Waals surface area contributed by atoms with E-state index >= 15 is 0 Å². The summed E-state index contributed by atoms with van der Waals surface area (Å²) in [7, 11) is 0. The number of aryl methyl sites for hydroxylation is 1. The standard InChI is InChI=1S/C24H32N6O/c1-3-25-24(26-15-4-5-18-29-20(2)8-6-9-23(29)31)27-17-14-21-10-12-22(13-11-21)30-19-7-16-28-30/h6-13,16,19H,3-5,14-15,17-18H2,1-2H3,(H2,25,26,27). The summed E-state index contributed by atoms with van der Waals surface area (Å²) in [6.07, 6.45) is 6.50. The van der Waals surface area contributed by atoms with Gasteiger partial charge < -0.3 is 15.2 Å². The lowest BCUT2D eigenvalue weighted by Gasteiger charge is -2.12. The van der Waals surface area contributed by atoms with Gasteiger partial charge in [0.25, 0.3) is 5.56 Å². The number of aromatic nitrogens is 3. The Hall–Kier alpha value is -3.35. The Balaban J connectivity index is 1.41. The Morgan fingerprint density at radius 3 is 2.61 bits per heavy atom. The van der Waals surface area contributed by atoms with E-state index in [9.17, 15) is 4.79 Å². The molecule has 0 atom stereocenters. The molecule has 1 aromatic carbocycles. The fraction of sp³-hybridized carbons (Fsp3) is 0.375. The molecule has 7 nitrogen and oxygen atoms in total. The average molecular weight is 421 g/mol. The molecule has 0 bridgehead atoms. The van der Waals surface area contributed by atoms with Crippen LogP contribution < -0.4 is 16.2 Å².